The van der Waals surface area contributed by atoms with Crippen LogP contribution in [0.15, 0.2) is 48.5 Å². The standard InChI is InChI=1S/C16H15ClFNO2.Li.H/c1-11(16(20)21)19(10-12-5-3-2-4-6-12)13-7-8-15(18)14(17)9-13;;/h2-9,11H,10H2,1H3,(H,20,21);;. The number of halogens is 2. The van der Waals surface area contributed by atoms with Crippen LogP contribution in [0.1, 0.15) is 12.5 Å². The van der Waals surface area contributed by atoms with Gasteiger partial charge in [0.05, 0.1) is 5.02 Å². The van der Waals surface area contributed by atoms with Crippen molar-refractivity contribution >= 4 is 42.1 Å². The second-order valence-corrected chi connectivity index (χ2v) is 5.13. The Labute approximate surface area is 145 Å². The molecule has 3 nitrogen and oxygen atoms in total. The molecule has 6 heteroatoms. The van der Waals surface area contributed by atoms with Crippen molar-refractivity contribution in [3.8, 4) is 0 Å². The molecule has 1 N–H and O–H groups in total. The Balaban J connectivity index is 0.00000242. The Morgan fingerprint density at radius 2 is 1.91 bits per heavy atom. The van der Waals surface area contributed by atoms with Crippen molar-refractivity contribution < 1.29 is 14.3 Å². The molecule has 2 aromatic rings. The van der Waals surface area contributed by atoms with Gasteiger partial charge in [-0.25, -0.2) is 9.18 Å². The minimum absolute atomic E-state index is 0. The zero-order valence-electron chi connectivity index (χ0n) is 11.5. The van der Waals surface area contributed by atoms with Gasteiger partial charge in [-0.3, -0.25) is 0 Å². The summed E-state index contributed by atoms with van der Waals surface area (Å²) in [4.78, 5) is 13.0. The van der Waals surface area contributed by atoms with Crippen LogP contribution in [-0.4, -0.2) is 36.0 Å². The van der Waals surface area contributed by atoms with Crippen molar-refractivity contribution in [1.82, 2.24) is 0 Å². The summed E-state index contributed by atoms with van der Waals surface area (Å²) in [5, 5.41) is 9.24. The van der Waals surface area contributed by atoms with E-state index in [1.807, 2.05) is 30.3 Å². The Morgan fingerprint density at radius 1 is 1.27 bits per heavy atom. The Kier molecular flexibility index (Phi) is 6.95. The second-order valence-electron chi connectivity index (χ2n) is 4.73. The minimum atomic E-state index is -0.952. The maximum atomic E-state index is 13.3. The molecular formula is C16H16ClFLiNO2. The van der Waals surface area contributed by atoms with Gasteiger partial charge in [0.25, 0.3) is 0 Å². The van der Waals surface area contributed by atoms with Crippen LogP contribution in [0.2, 0.25) is 5.02 Å². The van der Waals surface area contributed by atoms with Crippen LogP contribution in [0.3, 0.4) is 0 Å². The van der Waals surface area contributed by atoms with Crippen molar-refractivity contribution in [1.29, 1.82) is 0 Å². The predicted octanol–water partition coefficient (Wildman–Crippen LogP) is 3.31. The number of hydrogen-bond acceptors (Lipinski definition) is 2. The first-order valence-corrected chi connectivity index (χ1v) is 6.85. The molecule has 0 fully saturated rings. The van der Waals surface area contributed by atoms with Crippen LogP contribution in [-0.2, 0) is 11.3 Å². The fourth-order valence-electron chi connectivity index (χ4n) is 2.03. The van der Waals surface area contributed by atoms with E-state index >= 15 is 0 Å². The van der Waals surface area contributed by atoms with Crippen molar-refractivity contribution in [2.75, 3.05) is 4.90 Å². The van der Waals surface area contributed by atoms with E-state index in [4.69, 9.17) is 11.6 Å². The average Bonchev–Trinajstić information content (AvgIpc) is 2.48. The summed E-state index contributed by atoms with van der Waals surface area (Å²) in [5.41, 5.74) is 1.53. The topological polar surface area (TPSA) is 40.5 Å². The first-order chi connectivity index (χ1) is 9.99. The van der Waals surface area contributed by atoms with Crippen LogP contribution >= 0.6 is 11.6 Å². The van der Waals surface area contributed by atoms with E-state index in [1.54, 1.807) is 11.8 Å². The molecule has 0 aliphatic carbocycles. The molecule has 22 heavy (non-hydrogen) atoms. The maximum absolute atomic E-state index is 13.3. The Morgan fingerprint density at radius 3 is 2.45 bits per heavy atom. The van der Waals surface area contributed by atoms with Crippen LogP contribution < -0.4 is 4.90 Å². The molecule has 0 spiro atoms. The van der Waals surface area contributed by atoms with Gasteiger partial charge < -0.3 is 10.0 Å². The Hall–Kier alpha value is -1.47. The number of carboxylic acids is 1. The third kappa shape index (κ3) is 4.51. The van der Waals surface area contributed by atoms with E-state index in [2.05, 4.69) is 0 Å². The van der Waals surface area contributed by atoms with Crippen LogP contribution in [0.25, 0.3) is 0 Å². The number of aliphatic carboxylic acids is 1. The second kappa shape index (κ2) is 8.24. The fraction of sp³-hybridized carbons (Fsp3) is 0.188. The van der Waals surface area contributed by atoms with Gasteiger partial charge in [0.2, 0.25) is 0 Å². The third-order valence-electron chi connectivity index (χ3n) is 3.26. The number of nitrogens with zero attached hydrogens (tertiary/aromatic N) is 1. The van der Waals surface area contributed by atoms with Gasteiger partial charge in [0.15, 0.2) is 0 Å². The molecule has 112 valence electrons. The molecule has 2 aromatic carbocycles. The molecule has 0 heterocycles. The van der Waals surface area contributed by atoms with E-state index in [-0.39, 0.29) is 23.9 Å². The van der Waals surface area contributed by atoms with E-state index < -0.39 is 17.8 Å². The van der Waals surface area contributed by atoms with Gasteiger partial charge in [-0.2, -0.15) is 0 Å². The van der Waals surface area contributed by atoms with Gasteiger partial charge >= 0.3 is 24.8 Å². The number of rotatable bonds is 5. The van der Waals surface area contributed by atoms with E-state index in [0.29, 0.717) is 12.2 Å². The number of carbonyl (C=O) groups is 1. The third-order valence-corrected chi connectivity index (χ3v) is 3.55. The van der Waals surface area contributed by atoms with Crippen molar-refractivity contribution in [2.24, 2.45) is 0 Å². The predicted molar refractivity (Wildman–Crippen MR) is 88.3 cm³/mol. The molecule has 2 rings (SSSR count). The number of anilines is 1. The number of benzene rings is 2. The molecule has 0 aliphatic heterocycles. The summed E-state index contributed by atoms with van der Waals surface area (Å²) in [6, 6.07) is 12.9. The molecule has 0 aromatic heterocycles. The normalized spacial score (nSPS) is 11.4. The molecule has 1 unspecified atom stereocenters. The average molecular weight is 316 g/mol. The SMILES string of the molecule is CC(C(=O)O)N(Cc1ccccc1)c1ccc(F)c(Cl)c1.[LiH]. The van der Waals surface area contributed by atoms with E-state index in [1.165, 1.54) is 18.2 Å². The van der Waals surface area contributed by atoms with Crippen LogP contribution in [0.4, 0.5) is 10.1 Å². The summed E-state index contributed by atoms with van der Waals surface area (Å²) in [6.45, 7) is 1.98. The van der Waals surface area contributed by atoms with Crippen molar-refractivity contribution in [3.63, 3.8) is 0 Å². The summed E-state index contributed by atoms with van der Waals surface area (Å²) in [5.74, 6) is -1.48. The number of hydrogen-bond donors (Lipinski definition) is 1. The molecular weight excluding hydrogens is 300 g/mol. The quantitative estimate of drug-likeness (QED) is 0.861. The van der Waals surface area contributed by atoms with E-state index in [9.17, 15) is 14.3 Å². The fourth-order valence-corrected chi connectivity index (χ4v) is 2.20. The van der Waals surface area contributed by atoms with Gasteiger partial charge in [-0.15, -0.1) is 0 Å². The van der Waals surface area contributed by atoms with Gasteiger partial charge in [-0.05, 0) is 30.7 Å². The first kappa shape index (κ1) is 18.6. The monoisotopic (exact) mass is 315 g/mol. The molecule has 0 amide bonds. The van der Waals surface area contributed by atoms with Gasteiger partial charge in [0, 0.05) is 12.2 Å². The van der Waals surface area contributed by atoms with Gasteiger partial charge in [-0.1, -0.05) is 41.9 Å². The zero-order chi connectivity index (χ0) is 15.4. The summed E-state index contributed by atoms with van der Waals surface area (Å²) < 4.78 is 13.3. The first-order valence-electron chi connectivity index (χ1n) is 6.47. The zero-order valence-corrected chi connectivity index (χ0v) is 12.2. The molecule has 0 radical (unpaired) electrons. The summed E-state index contributed by atoms with van der Waals surface area (Å²) >= 11 is 5.80. The summed E-state index contributed by atoms with van der Waals surface area (Å²) in [7, 11) is 0. The molecule has 0 saturated heterocycles. The molecule has 0 saturated carbocycles. The van der Waals surface area contributed by atoms with Gasteiger partial charge in [0.1, 0.15) is 11.9 Å². The number of carboxylic acid groups (broad SMARTS) is 1. The van der Waals surface area contributed by atoms with Crippen LogP contribution in [0, 0.1) is 5.82 Å². The molecule has 1 atom stereocenters. The van der Waals surface area contributed by atoms with Crippen molar-refractivity contribution in [2.45, 2.75) is 19.5 Å². The van der Waals surface area contributed by atoms with E-state index in [0.717, 1.165) is 5.56 Å². The van der Waals surface area contributed by atoms with Crippen LogP contribution in [0.5, 0.6) is 0 Å². The summed E-state index contributed by atoms with van der Waals surface area (Å²) in [6.07, 6.45) is 0. The Bertz CT molecular complexity index is 639. The van der Waals surface area contributed by atoms with Crippen molar-refractivity contribution in [3.05, 3.63) is 64.9 Å². The molecule has 0 bridgehead atoms. The molecule has 0 aliphatic rings.